The fraction of sp³-hybridized carbons (Fsp3) is 0.0952. The minimum Gasteiger partial charge on any atom is -0.457 e. The molecule has 0 saturated carbocycles. The molecule has 2 aromatic carbocycles. The van der Waals surface area contributed by atoms with E-state index >= 15 is 0 Å². The molecule has 0 aliphatic carbocycles. The molecular formula is C21H11Cl6N3O. The molecule has 0 aliphatic rings. The lowest BCUT2D eigenvalue weighted by Crippen LogP contribution is -2.16. The van der Waals surface area contributed by atoms with Gasteiger partial charge in [0.1, 0.15) is 11.3 Å². The average Bonchev–Trinajstić information content (AvgIpc) is 3.14. The first-order valence-corrected chi connectivity index (χ1v) is 11.0. The monoisotopic (exact) mass is 531 g/mol. The molecule has 0 N–H and O–H groups in total. The van der Waals surface area contributed by atoms with Gasteiger partial charge >= 0.3 is 0 Å². The van der Waals surface area contributed by atoms with Gasteiger partial charge in [-0.25, -0.2) is 15.0 Å². The predicted octanol–water partition coefficient (Wildman–Crippen LogP) is 8.11. The summed E-state index contributed by atoms with van der Waals surface area (Å²) in [6.07, 6.45) is 3.81. The maximum Gasteiger partial charge on any atom is 0.250 e. The Morgan fingerprint density at radius 1 is 0.710 bits per heavy atom. The molecule has 0 fully saturated rings. The second kappa shape index (κ2) is 8.78. The minimum absolute atomic E-state index is 0.141. The zero-order valence-corrected chi connectivity index (χ0v) is 19.9. The first-order chi connectivity index (χ1) is 14.6. The average molecular weight is 534 g/mol. The molecular weight excluding hydrogens is 523 g/mol. The predicted molar refractivity (Wildman–Crippen MR) is 129 cm³/mol. The van der Waals surface area contributed by atoms with Gasteiger partial charge in [-0.3, -0.25) is 0 Å². The van der Waals surface area contributed by atoms with Crippen molar-refractivity contribution in [2.45, 2.75) is 7.59 Å². The Balaban J connectivity index is 1.63. The Hall–Kier alpha value is -1.53. The second-order valence-corrected chi connectivity index (χ2v) is 11.0. The van der Waals surface area contributed by atoms with E-state index in [0.717, 1.165) is 22.3 Å². The molecule has 31 heavy (non-hydrogen) atoms. The number of halogens is 6. The van der Waals surface area contributed by atoms with E-state index in [1.165, 1.54) is 0 Å². The third kappa shape index (κ3) is 5.46. The zero-order valence-electron chi connectivity index (χ0n) is 15.4. The maximum absolute atomic E-state index is 5.92. The van der Waals surface area contributed by atoms with E-state index in [1.807, 2.05) is 54.6 Å². The number of aromatic nitrogens is 3. The molecule has 0 saturated heterocycles. The quantitative estimate of drug-likeness (QED) is 0.250. The highest BCUT2D eigenvalue weighted by Gasteiger charge is 2.34. The Kier molecular flexibility index (Phi) is 6.42. The van der Waals surface area contributed by atoms with Crippen molar-refractivity contribution in [2.75, 3.05) is 0 Å². The highest BCUT2D eigenvalue weighted by molar-refractivity contribution is 6.67. The van der Waals surface area contributed by atoms with Crippen LogP contribution in [0.1, 0.15) is 23.0 Å². The lowest BCUT2D eigenvalue weighted by atomic mass is 10.1. The number of alkyl halides is 6. The first-order valence-electron chi connectivity index (χ1n) is 8.77. The summed E-state index contributed by atoms with van der Waals surface area (Å²) in [7, 11) is 0. The maximum atomic E-state index is 5.92. The van der Waals surface area contributed by atoms with E-state index in [-0.39, 0.29) is 17.5 Å². The fourth-order valence-corrected chi connectivity index (χ4v) is 3.27. The van der Waals surface area contributed by atoms with E-state index in [4.69, 9.17) is 74.0 Å². The van der Waals surface area contributed by atoms with Gasteiger partial charge in [-0.05, 0) is 23.8 Å². The largest absolute Gasteiger partial charge is 0.457 e. The van der Waals surface area contributed by atoms with Crippen LogP contribution in [0.2, 0.25) is 0 Å². The standard InChI is InChI=1S/C21H11Cl6N3O/c22-20(23,24)18-28-17(29-19(30-18)21(25,26)27)13-8-5-12(6-9-13)7-10-15-11-14-3-1-2-4-16(14)31-15/h1-11H. The van der Waals surface area contributed by atoms with Gasteiger partial charge in [0.05, 0.1) is 0 Å². The lowest BCUT2D eigenvalue weighted by Gasteiger charge is -2.15. The molecule has 0 aliphatic heterocycles. The summed E-state index contributed by atoms with van der Waals surface area (Å²) in [5, 5.41) is 1.04. The van der Waals surface area contributed by atoms with Crippen molar-refractivity contribution in [1.82, 2.24) is 15.0 Å². The van der Waals surface area contributed by atoms with Gasteiger partial charge in [0.25, 0.3) is 0 Å². The summed E-state index contributed by atoms with van der Waals surface area (Å²) in [6, 6.07) is 17.2. The topological polar surface area (TPSA) is 51.8 Å². The summed E-state index contributed by atoms with van der Waals surface area (Å²) in [5.41, 5.74) is 2.40. The fourth-order valence-electron chi connectivity index (χ4n) is 2.76. The molecule has 0 atom stereocenters. The van der Waals surface area contributed by atoms with E-state index in [9.17, 15) is 0 Å². The number of rotatable bonds is 3. The minimum atomic E-state index is -1.91. The molecule has 0 amide bonds. The Labute approximate surface area is 207 Å². The van der Waals surface area contributed by atoms with Crippen molar-refractivity contribution in [1.29, 1.82) is 0 Å². The van der Waals surface area contributed by atoms with Crippen LogP contribution in [0.25, 0.3) is 34.5 Å². The first kappa shape index (κ1) is 22.7. The third-order valence-corrected chi connectivity index (χ3v) is 5.21. The molecule has 10 heteroatoms. The molecule has 2 heterocycles. The van der Waals surface area contributed by atoms with Crippen LogP contribution in [0.3, 0.4) is 0 Å². The van der Waals surface area contributed by atoms with E-state index in [1.54, 1.807) is 12.1 Å². The van der Waals surface area contributed by atoms with Crippen molar-refractivity contribution in [3.63, 3.8) is 0 Å². The van der Waals surface area contributed by atoms with Crippen molar-refractivity contribution in [2.24, 2.45) is 0 Å². The van der Waals surface area contributed by atoms with Gasteiger partial charge in [-0.2, -0.15) is 0 Å². The number of hydrogen-bond donors (Lipinski definition) is 0. The van der Waals surface area contributed by atoms with Gasteiger partial charge in [0, 0.05) is 10.9 Å². The number of fused-ring (bicyclic) bond motifs is 1. The number of hydrogen-bond acceptors (Lipinski definition) is 4. The highest BCUT2D eigenvalue weighted by Crippen LogP contribution is 2.40. The third-order valence-electron chi connectivity index (χ3n) is 4.20. The van der Waals surface area contributed by atoms with Gasteiger partial charge in [-0.1, -0.05) is 118 Å². The van der Waals surface area contributed by atoms with Crippen molar-refractivity contribution in [3.05, 3.63) is 77.6 Å². The molecule has 4 aromatic rings. The molecule has 158 valence electrons. The van der Waals surface area contributed by atoms with Crippen LogP contribution in [0.5, 0.6) is 0 Å². The van der Waals surface area contributed by atoms with Crippen molar-refractivity contribution < 1.29 is 4.42 Å². The number of furan rings is 1. The van der Waals surface area contributed by atoms with Gasteiger partial charge in [0.15, 0.2) is 17.5 Å². The normalized spacial score (nSPS) is 12.7. The summed E-state index contributed by atoms with van der Waals surface area (Å²) < 4.78 is 1.97. The van der Waals surface area contributed by atoms with Crippen LogP contribution in [0, 0.1) is 0 Å². The summed E-state index contributed by atoms with van der Waals surface area (Å²) in [6.45, 7) is 0. The van der Waals surface area contributed by atoms with Crippen LogP contribution in [-0.2, 0) is 7.59 Å². The van der Waals surface area contributed by atoms with Gasteiger partial charge < -0.3 is 4.42 Å². The van der Waals surface area contributed by atoms with Crippen LogP contribution < -0.4 is 0 Å². The molecule has 4 rings (SSSR count). The Morgan fingerprint density at radius 2 is 1.32 bits per heavy atom. The van der Waals surface area contributed by atoms with Crippen LogP contribution in [-0.4, -0.2) is 15.0 Å². The number of nitrogens with zero attached hydrogens (tertiary/aromatic N) is 3. The summed E-state index contributed by atoms with van der Waals surface area (Å²) in [4.78, 5) is 12.4. The van der Waals surface area contributed by atoms with Crippen LogP contribution in [0.4, 0.5) is 0 Å². The summed E-state index contributed by atoms with van der Waals surface area (Å²) >= 11 is 35.5. The van der Waals surface area contributed by atoms with Gasteiger partial charge in [0.2, 0.25) is 7.59 Å². The molecule has 4 nitrogen and oxygen atoms in total. The summed E-state index contributed by atoms with van der Waals surface area (Å²) in [5.74, 6) is 0.684. The molecule has 0 bridgehead atoms. The van der Waals surface area contributed by atoms with Crippen LogP contribution >= 0.6 is 69.6 Å². The molecule has 0 unspecified atom stereocenters. The number of benzene rings is 2. The van der Waals surface area contributed by atoms with E-state index < -0.39 is 7.59 Å². The Bertz CT molecular complexity index is 1190. The molecule has 0 radical (unpaired) electrons. The number of para-hydroxylation sites is 1. The molecule has 2 aromatic heterocycles. The molecule has 0 spiro atoms. The van der Waals surface area contributed by atoms with Crippen molar-refractivity contribution >= 4 is 92.7 Å². The lowest BCUT2D eigenvalue weighted by molar-refractivity contribution is 0.604. The van der Waals surface area contributed by atoms with Crippen molar-refractivity contribution in [3.8, 4) is 11.4 Å². The second-order valence-electron chi connectivity index (χ2n) is 6.44. The zero-order chi connectivity index (χ0) is 22.2. The van der Waals surface area contributed by atoms with E-state index in [2.05, 4.69) is 15.0 Å². The van der Waals surface area contributed by atoms with Gasteiger partial charge in [-0.15, -0.1) is 0 Å². The Morgan fingerprint density at radius 3 is 1.90 bits per heavy atom. The smallest absolute Gasteiger partial charge is 0.250 e. The SMILES string of the molecule is ClC(Cl)(Cl)c1nc(-c2ccc(C=Cc3cc4ccccc4o3)cc2)nc(C(Cl)(Cl)Cl)n1. The van der Waals surface area contributed by atoms with E-state index in [0.29, 0.717) is 5.56 Å². The van der Waals surface area contributed by atoms with Crippen LogP contribution in [0.15, 0.2) is 59.0 Å². The highest BCUT2D eigenvalue weighted by atomic mass is 35.6.